The lowest BCUT2D eigenvalue weighted by molar-refractivity contribution is -0.122. The smallest absolute Gasteiger partial charge is 0.270 e. The van der Waals surface area contributed by atoms with E-state index in [0.717, 1.165) is 28.2 Å². The lowest BCUT2D eigenvalue weighted by Crippen LogP contribution is -2.29. The molecule has 1 aliphatic rings. The van der Waals surface area contributed by atoms with Crippen molar-refractivity contribution in [2.24, 2.45) is 5.92 Å². The van der Waals surface area contributed by atoms with Gasteiger partial charge in [-0.15, -0.1) is 0 Å². The predicted molar refractivity (Wildman–Crippen MR) is 129 cm³/mol. The first-order chi connectivity index (χ1) is 15.7. The van der Waals surface area contributed by atoms with Crippen molar-refractivity contribution >= 4 is 29.1 Å². The zero-order valence-electron chi connectivity index (χ0n) is 19.3. The van der Waals surface area contributed by atoms with E-state index in [9.17, 15) is 14.4 Å². The summed E-state index contributed by atoms with van der Waals surface area (Å²) in [4.78, 5) is 40.1. The van der Waals surface area contributed by atoms with Gasteiger partial charge >= 0.3 is 0 Å². The summed E-state index contributed by atoms with van der Waals surface area (Å²) in [7, 11) is 0. The van der Waals surface area contributed by atoms with Gasteiger partial charge in [-0.1, -0.05) is 24.3 Å². The Morgan fingerprint density at radius 2 is 1.55 bits per heavy atom. The first kappa shape index (κ1) is 22.3. The van der Waals surface area contributed by atoms with Crippen molar-refractivity contribution in [3.63, 3.8) is 0 Å². The molecule has 0 saturated carbocycles. The Morgan fingerprint density at radius 1 is 0.909 bits per heavy atom. The van der Waals surface area contributed by atoms with Gasteiger partial charge in [0.05, 0.1) is 5.92 Å². The number of nitrogens with one attached hydrogen (secondary N) is 2. The van der Waals surface area contributed by atoms with Gasteiger partial charge in [0.15, 0.2) is 0 Å². The second kappa shape index (κ2) is 8.94. The zero-order valence-corrected chi connectivity index (χ0v) is 19.3. The molecule has 1 atom stereocenters. The fourth-order valence-corrected chi connectivity index (χ4v) is 4.32. The molecule has 0 spiro atoms. The number of aromatic nitrogens is 1. The molecular formula is C26H28N4O3. The van der Waals surface area contributed by atoms with Crippen molar-refractivity contribution < 1.29 is 14.4 Å². The number of carbonyl (C=O) groups is 3. The van der Waals surface area contributed by atoms with Crippen LogP contribution in [0, 0.1) is 33.6 Å². The highest BCUT2D eigenvalue weighted by Crippen LogP contribution is 2.31. The van der Waals surface area contributed by atoms with Crippen LogP contribution in [0.15, 0.2) is 54.6 Å². The molecule has 0 bridgehead atoms. The van der Waals surface area contributed by atoms with Crippen LogP contribution in [-0.4, -0.2) is 28.9 Å². The van der Waals surface area contributed by atoms with Gasteiger partial charge in [-0.3, -0.25) is 24.5 Å². The summed E-state index contributed by atoms with van der Waals surface area (Å²) < 4.78 is 1.72. The fraction of sp³-hybridized carbons (Fsp3) is 0.269. The van der Waals surface area contributed by atoms with Gasteiger partial charge in [-0.25, -0.2) is 0 Å². The van der Waals surface area contributed by atoms with Crippen LogP contribution in [0.5, 0.6) is 0 Å². The molecule has 7 nitrogen and oxygen atoms in total. The number of nitrogens with zero attached hydrogens (tertiary/aromatic N) is 2. The van der Waals surface area contributed by atoms with Crippen LogP contribution in [-0.2, 0) is 9.59 Å². The Kier molecular flexibility index (Phi) is 6.05. The monoisotopic (exact) mass is 444 g/mol. The summed E-state index contributed by atoms with van der Waals surface area (Å²) in [5.41, 5.74) is 8.56. The van der Waals surface area contributed by atoms with Crippen LogP contribution in [0.2, 0.25) is 0 Å². The molecule has 33 heavy (non-hydrogen) atoms. The van der Waals surface area contributed by atoms with E-state index < -0.39 is 5.92 Å². The highest BCUT2D eigenvalue weighted by Gasteiger charge is 2.36. The maximum absolute atomic E-state index is 12.9. The maximum atomic E-state index is 12.9. The molecule has 0 unspecified atom stereocenters. The normalized spacial score (nSPS) is 15.6. The lowest BCUT2D eigenvalue weighted by atomic mass is 10.1. The van der Waals surface area contributed by atoms with Crippen LogP contribution < -0.4 is 15.6 Å². The molecule has 170 valence electrons. The molecule has 2 heterocycles. The second-order valence-corrected chi connectivity index (χ2v) is 8.61. The largest absolute Gasteiger partial charge is 0.326 e. The number of rotatable bonds is 5. The van der Waals surface area contributed by atoms with Gasteiger partial charge in [0.25, 0.3) is 5.91 Å². The van der Waals surface area contributed by atoms with Crippen LogP contribution >= 0.6 is 0 Å². The minimum absolute atomic E-state index is 0.0573. The first-order valence-corrected chi connectivity index (χ1v) is 11.0. The number of para-hydroxylation sites is 1. The van der Waals surface area contributed by atoms with Gasteiger partial charge in [0.1, 0.15) is 0 Å². The maximum Gasteiger partial charge on any atom is 0.270 e. The standard InChI is InChI=1S/C26H28N4O3/c1-16-7-5-8-17(2)24(16)29-15-21(14-23(29)31)25(32)27-22-10-6-9-20(13-22)26(33)28-30-18(3)11-12-19(30)4/h5-13,21H,14-15H2,1-4H3,(H,27,32)(H,28,33)/t21-/m1/s1. The minimum Gasteiger partial charge on any atom is -0.326 e. The molecule has 0 aliphatic carbocycles. The summed E-state index contributed by atoms with van der Waals surface area (Å²) in [5.74, 6) is -1.02. The molecule has 3 amide bonds. The second-order valence-electron chi connectivity index (χ2n) is 8.61. The Balaban J connectivity index is 1.45. The van der Waals surface area contributed by atoms with Crippen LogP contribution in [0.3, 0.4) is 0 Å². The Hall–Kier alpha value is -3.87. The van der Waals surface area contributed by atoms with E-state index in [2.05, 4.69) is 10.7 Å². The van der Waals surface area contributed by atoms with E-state index >= 15 is 0 Å². The highest BCUT2D eigenvalue weighted by molar-refractivity contribution is 6.05. The molecule has 2 aromatic carbocycles. The lowest BCUT2D eigenvalue weighted by Gasteiger charge is -2.21. The van der Waals surface area contributed by atoms with Gasteiger partial charge in [-0.05, 0) is 69.2 Å². The minimum atomic E-state index is -0.459. The fourth-order valence-electron chi connectivity index (χ4n) is 4.32. The number of hydrogen-bond acceptors (Lipinski definition) is 3. The summed E-state index contributed by atoms with van der Waals surface area (Å²) in [6.45, 7) is 8.10. The van der Waals surface area contributed by atoms with Gasteiger partial charge in [0.2, 0.25) is 11.8 Å². The van der Waals surface area contributed by atoms with E-state index in [0.29, 0.717) is 17.8 Å². The predicted octanol–water partition coefficient (Wildman–Crippen LogP) is 4.10. The van der Waals surface area contributed by atoms with Crippen LogP contribution in [0.1, 0.15) is 39.3 Å². The summed E-state index contributed by atoms with van der Waals surface area (Å²) in [6.07, 6.45) is 0.159. The molecular weight excluding hydrogens is 416 g/mol. The average Bonchev–Trinajstić information content (AvgIpc) is 3.31. The van der Waals surface area contributed by atoms with E-state index in [4.69, 9.17) is 0 Å². The Morgan fingerprint density at radius 3 is 2.21 bits per heavy atom. The molecule has 1 aromatic heterocycles. The van der Waals surface area contributed by atoms with Gasteiger partial charge in [0, 0.05) is 41.3 Å². The number of carbonyl (C=O) groups excluding carboxylic acids is 3. The van der Waals surface area contributed by atoms with E-state index in [1.807, 2.05) is 58.0 Å². The molecule has 2 N–H and O–H groups in total. The number of aryl methyl sites for hydroxylation is 4. The van der Waals surface area contributed by atoms with E-state index in [1.54, 1.807) is 33.8 Å². The van der Waals surface area contributed by atoms with Crippen molar-refractivity contribution in [2.45, 2.75) is 34.1 Å². The molecule has 0 radical (unpaired) electrons. The number of anilines is 2. The molecule has 7 heteroatoms. The third-order valence-electron chi connectivity index (χ3n) is 6.08. The van der Waals surface area contributed by atoms with Gasteiger partial charge in [-0.2, -0.15) is 0 Å². The number of hydrogen-bond donors (Lipinski definition) is 2. The van der Waals surface area contributed by atoms with E-state index in [-0.39, 0.29) is 24.1 Å². The SMILES string of the molecule is Cc1cccc(C)c1N1C[C@H](C(=O)Nc2cccc(C(=O)Nn3c(C)ccc3C)c2)CC1=O. The summed E-state index contributed by atoms with van der Waals surface area (Å²) in [6, 6.07) is 16.5. The van der Waals surface area contributed by atoms with Crippen molar-refractivity contribution in [2.75, 3.05) is 22.2 Å². The van der Waals surface area contributed by atoms with Gasteiger partial charge < -0.3 is 10.2 Å². The summed E-state index contributed by atoms with van der Waals surface area (Å²) in [5, 5.41) is 2.88. The Labute approximate surface area is 193 Å². The first-order valence-electron chi connectivity index (χ1n) is 11.0. The highest BCUT2D eigenvalue weighted by atomic mass is 16.2. The third-order valence-corrected chi connectivity index (χ3v) is 6.08. The number of benzene rings is 2. The van der Waals surface area contributed by atoms with E-state index in [1.165, 1.54) is 0 Å². The molecule has 4 rings (SSSR count). The summed E-state index contributed by atoms with van der Waals surface area (Å²) >= 11 is 0. The topological polar surface area (TPSA) is 83.4 Å². The van der Waals surface area contributed by atoms with Crippen LogP contribution in [0.25, 0.3) is 0 Å². The quantitative estimate of drug-likeness (QED) is 0.622. The van der Waals surface area contributed by atoms with Crippen molar-refractivity contribution in [3.8, 4) is 0 Å². The third kappa shape index (κ3) is 4.53. The molecule has 3 aromatic rings. The van der Waals surface area contributed by atoms with Crippen molar-refractivity contribution in [3.05, 3.63) is 82.7 Å². The average molecular weight is 445 g/mol. The van der Waals surface area contributed by atoms with Crippen molar-refractivity contribution in [1.29, 1.82) is 0 Å². The molecule has 1 fully saturated rings. The Bertz CT molecular complexity index is 1200. The zero-order chi connectivity index (χ0) is 23.7. The molecule has 1 aliphatic heterocycles. The number of amides is 3. The molecule has 1 saturated heterocycles. The van der Waals surface area contributed by atoms with Crippen molar-refractivity contribution in [1.82, 2.24) is 4.68 Å². The van der Waals surface area contributed by atoms with Crippen LogP contribution in [0.4, 0.5) is 11.4 Å².